The molecule has 0 aliphatic rings. The summed E-state index contributed by atoms with van der Waals surface area (Å²) in [6.07, 6.45) is 0. The van der Waals surface area contributed by atoms with Gasteiger partial charge in [0, 0.05) is 16.7 Å². The maximum atomic E-state index is 5.44. The van der Waals surface area contributed by atoms with Gasteiger partial charge in [0.15, 0.2) is 5.82 Å². The fourth-order valence-corrected chi connectivity index (χ4v) is 7.90. The largest absolute Gasteiger partial charge is 0.228 e. The number of nitrogens with zero attached hydrogens (tertiary/aromatic N) is 2. The van der Waals surface area contributed by atoms with Crippen LogP contribution in [0.15, 0.2) is 206 Å². The predicted molar refractivity (Wildman–Crippen MR) is 227 cm³/mol. The summed E-state index contributed by atoms with van der Waals surface area (Å²) in [5.41, 5.74) is 11.8. The van der Waals surface area contributed by atoms with Crippen LogP contribution in [0, 0.1) is 0 Å². The van der Waals surface area contributed by atoms with Crippen LogP contribution in [0.4, 0.5) is 0 Å². The maximum Gasteiger partial charge on any atom is 0.161 e. The molecule has 0 aliphatic heterocycles. The van der Waals surface area contributed by atoms with Gasteiger partial charge in [0.25, 0.3) is 0 Å². The number of benzene rings is 9. The van der Waals surface area contributed by atoms with E-state index in [9.17, 15) is 0 Å². The first-order valence-corrected chi connectivity index (χ1v) is 18.4. The van der Waals surface area contributed by atoms with Gasteiger partial charge in [-0.05, 0) is 77.8 Å². The fourth-order valence-electron chi connectivity index (χ4n) is 7.90. The monoisotopic (exact) mass is 686 g/mol. The van der Waals surface area contributed by atoms with Crippen LogP contribution in [0.2, 0.25) is 0 Å². The van der Waals surface area contributed by atoms with Gasteiger partial charge in [-0.2, -0.15) is 0 Å². The van der Waals surface area contributed by atoms with Gasteiger partial charge in [0.2, 0.25) is 0 Å². The molecule has 0 radical (unpaired) electrons. The Kier molecular flexibility index (Phi) is 7.85. The summed E-state index contributed by atoms with van der Waals surface area (Å²) in [7, 11) is 0. The van der Waals surface area contributed by atoms with Crippen molar-refractivity contribution in [2.45, 2.75) is 0 Å². The van der Waals surface area contributed by atoms with Gasteiger partial charge >= 0.3 is 0 Å². The van der Waals surface area contributed by atoms with Crippen molar-refractivity contribution in [3.05, 3.63) is 206 Å². The molecule has 0 atom stereocenters. The lowest BCUT2D eigenvalue weighted by atomic mass is 9.87. The summed E-state index contributed by atoms with van der Waals surface area (Å²) < 4.78 is 0. The number of aromatic nitrogens is 2. The van der Waals surface area contributed by atoms with E-state index in [0.717, 1.165) is 44.8 Å². The highest BCUT2D eigenvalue weighted by Crippen LogP contribution is 2.43. The Morgan fingerprint density at radius 3 is 1.56 bits per heavy atom. The van der Waals surface area contributed by atoms with Crippen molar-refractivity contribution in [2.24, 2.45) is 0 Å². The predicted octanol–water partition coefficient (Wildman–Crippen LogP) is 13.9. The van der Waals surface area contributed by atoms with Crippen LogP contribution >= 0.6 is 0 Å². The van der Waals surface area contributed by atoms with Crippen LogP contribution < -0.4 is 0 Å². The molecule has 0 bridgehead atoms. The number of hydrogen-bond donors (Lipinski definition) is 0. The lowest BCUT2D eigenvalue weighted by molar-refractivity contribution is 1.18. The molecule has 0 spiro atoms. The molecule has 0 amide bonds. The molecule has 252 valence electrons. The molecule has 54 heavy (non-hydrogen) atoms. The first-order valence-electron chi connectivity index (χ1n) is 18.4. The van der Waals surface area contributed by atoms with Crippen LogP contribution in [-0.2, 0) is 0 Å². The van der Waals surface area contributed by atoms with E-state index in [1.54, 1.807) is 0 Å². The zero-order valence-corrected chi connectivity index (χ0v) is 29.5. The summed E-state index contributed by atoms with van der Waals surface area (Å²) in [6.45, 7) is 0. The Balaban J connectivity index is 1.23. The molecule has 2 nitrogen and oxygen atoms in total. The van der Waals surface area contributed by atoms with Crippen molar-refractivity contribution >= 4 is 32.3 Å². The lowest BCUT2D eigenvalue weighted by Crippen LogP contribution is -1.99. The number of hydrogen-bond acceptors (Lipinski definition) is 2. The fraction of sp³-hybridized carbons (Fsp3) is 0. The molecule has 2 heteroatoms. The number of fused-ring (bicyclic) bond motifs is 4. The van der Waals surface area contributed by atoms with Crippen molar-refractivity contribution in [1.29, 1.82) is 0 Å². The van der Waals surface area contributed by atoms with Gasteiger partial charge in [-0.1, -0.05) is 194 Å². The first kappa shape index (κ1) is 31.6. The van der Waals surface area contributed by atoms with E-state index in [1.165, 1.54) is 49.0 Å². The molecule has 0 saturated heterocycles. The zero-order valence-electron chi connectivity index (χ0n) is 29.5. The molecule has 0 fully saturated rings. The highest BCUT2D eigenvalue weighted by atomic mass is 14.9. The van der Waals surface area contributed by atoms with Crippen LogP contribution in [0.25, 0.3) is 99.6 Å². The summed E-state index contributed by atoms with van der Waals surface area (Å²) >= 11 is 0. The Morgan fingerprint density at radius 1 is 0.259 bits per heavy atom. The van der Waals surface area contributed by atoms with Crippen LogP contribution in [0.3, 0.4) is 0 Å². The summed E-state index contributed by atoms with van der Waals surface area (Å²) in [5, 5.41) is 7.34. The minimum Gasteiger partial charge on any atom is -0.228 e. The second-order valence-electron chi connectivity index (χ2n) is 13.7. The van der Waals surface area contributed by atoms with E-state index in [0.29, 0.717) is 5.82 Å². The van der Waals surface area contributed by atoms with Crippen molar-refractivity contribution < 1.29 is 0 Å². The maximum absolute atomic E-state index is 5.44. The van der Waals surface area contributed by atoms with Gasteiger partial charge in [0.05, 0.1) is 11.4 Å². The number of rotatable bonds is 6. The van der Waals surface area contributed by atoms with Crippen LogP contribution in [0.5, 0.6) is 0 Å². The zero-order chi connectivity index (χ0) is 35.8. The van der Waals surface area contributed by atoms with Crippen LogP contribution in [0.1, 0.15) is 0 Å². The molecular weight excluding hydrogens is 653 g/mol. The average molecular weight is 687 g/mol. The second-order valence-corrected chi connectivity index (χ2v) is 13.7. The van der Waals surface area contributed by atoms with Gasteiger partial charge in [-0.3, -0.25) is 0 Å². The van der Waals surface area contributed by atoms with Crippen molar-refractivity contribution in [1.82, 2.24) is 9.97 Å². The second kappa shape index (κ2) is 13.4. The summed E-state index contributed by atoms with van der Waals surface area (Å²) in [4.78, 5) is 10.8. The Bertz CT molecular complexity index is 2970. The Hall–Kier alpha value is -7.16. The normalized spacial score (nSPS) is 11.3. The average Bonchev–Trinajstić information content (AvgIpc) is 3.26. The molecule has 0 aliphatic carbocycles. The van der Waals surface area contributed by atoms with Gasteiger partial charge in [-0.25, -0.2) is 9.97 Å². The van der Waals surface area contributed by atoms with E-state index in [1.807, 2.05) is 0 Å². The third kappa shape index (κ3) is 5.62. The van der Waals surface area contributed by atoms with Crippen molar-refractivity contribution in [3.8, 4) is 67.3 Å². The van der Waals surface area contributed by atoms with E-state index < -0.39 is 0 Å². The van der Waals surface area contributed by atoms with Gasteiger partial charge < -0.3 is 0 Å². The Labute approximate surface area is 314 Å². The minimum absolute atomic E-state index is 0.690. The van der Waals surface area contributed by atoms with E-state index in [2.05, 4.69) is 206 Å². The molecular formula is C52H34N2. The topological polar surface area (TPSA) is 25.8 Å². The lowest BCUT2D eigenvalue weighted by Gasteiger charge is -2.18. The molecule has 10 aromatic rings. The smallest absolute Gasteiger partial charge is 0.161 e. The molecule has 1 aromatic heterocycles. The van der Waals surface area contributed by atoms with Crippen LogP contribution in [-0.4, -0.2) is 9.97 Å². The highest BCUT2D eigenvalue weighted by molar-refractivity contribution is 6.21. The molecule has 1 heterocycles. The molecule has 0 unspecified atom stereocenters. The molecule has 0 saturated carbocycles. The molecule has 0 N–H and O–H groups in total. The third-order valence-electron chi connectivity index (χ3n) is 10.5. The Morgan fingerprint density at radius 2 is 0.796 bits per heavy atom. The van der Waals surface area contributed by atoms with Crippen molar-refractivity contribution in [3.63, 3.8) is 0 Å². The van der Waals surface area contributed by atoms with Gasteiger partial charge in [-0.15, -0.1) is 0 Å². The van der Waals surface area contributed by atoms with Crippen molar-refractivity contribution in [2.75, 3.05) is 0 Å². The van der Waals surface area contributed by atoms with E-state index >= 15 is 0 Å². The molecule has 10 rings (SSSR count). The first-order chi connectivity index (χ1) is 26.8. The quantitative estimate of drug-likeness (QED) is 0.129. The van der Waals surface area contributed by atoms with E-state index in [-0.39, 0.29) is 0 Å². The van der Waals surface area contributed by atoms with Gasteiger partial charge in [0.1, 0.15) is 0 Å². The minimum atomic E-state index is 0.690. The summed E-state index contributed by atoms with van der Waals surface area (Å²) in [5.74, 6) is 0.690. The SMILES string of the molecule is c1ccc(-c2ccc(-c3cc(-c4ccccc4-c4ccccc4)nc(-c4ccccc4-c4c5ccccc5cc5c4ccc4ccccc45)n3)cc2)cc1. The summed E-state index contributed by atoms with van der Waals surface area (Å²) in [6, 6.07) is 73.4. The molecule has 9 aromatic carbocycles. The highest BCUT2D eigenvalue weighted by Gasteiger charge is 2.19. The third-order valence-corrected chi connectivity index (χ3v) is 10.5. The van der Waals surface area contributed by atoms with E-state index in [4.69, 9.17) is 9.97 Å². The standard InChI is InChI=1S/C52H34N2/c1-3-15-35(16-4-1)36-27-29-39(30-28-36)49-34-50(44-24-12-11-21-41(44)37-17-5-2-6-18-37)54-52(53-49)47-26-14-13-25-45(47)51-43-23-10-8-20-40(43)33-48-42-22-9-7-19-38(42)31-32-46(48)51/h1-34H.